The van der Waals surface area contributed by atoms with E-state index in [2.05, 4.69) is 30.8 Å². The molecule has 2 fully saturated rings. The van der Waals surface area contributed by atoms with Crippen LogP contribution in [0.1, 0.15) is 58.5 Å². The molecule has 3 heterocycles. The number of benzene rings is 1. The minimum absolute atomic E-state index is 0.167. The summed E-state index contributed by atoms with van der Waals surface area (Å²) in [5, 5.41) is 8.77. The smallest absolute Gasteiger partial charge is 0.257 e. The quantitative estimate of drug-likeness (QED) is 0.323. The molecular weight excluding hydrogens is 499 g/mol. The Morgan fingerprint density at radius 1 is 1.03 bits per heavy atom. The first-order valence-corrected chi connectivity index (χ1v) is 13.4. The number of nitrogens with zero attached hydrogens (tertiary/aromatic N) is 3. The first-order chi connectivity index (χ1) is 18.9. The van der Waals surface area contributed by atoms with Crippen molar-refractivity contribution >= 4 is 29.0 Å². The van der Waals surface area contributed by atoms with E-state index in [9.17, 15) is 14.0 Å². The summed E-state index contributed by atoms with van der Waals surface area (Å²) in [5.41, 5.74) is 2.37. The van der Waals surface area contributed by atoms with Crippen molar-refractivity contribution in [2.24, 2.45) is 5.92 Å². The lowest BCUT2D eigenvalue weighted by Crippen LogP contribution is -2.31. The normalized spacial score (nSPS) is 15.0. The van der Waals surface area contributed by atoms with Crippen molar-refractivity contribution in [3.05, 3.63) is 71.4 Å². The van der Waals surface area contributed by atoms with Crippen LogP contribution >= 0.6 is 0 Å². The van der Waals surface area contributed by atoms with Crippen molar-refractivity contribution in [2.75, 3.05) is 41.9 Å². The van der Waals surface area contributed by atoms with Crippen LogP contribution in [0.5, 0.6) is 5.75 Å². The van der Waals surface area contributed by atoms with Crippen LogP contribution < -0.4 is 25.6 Å². The van der Waals surface area contributed by atoms with Crippen LogP contribution in [0, 0.1) is 18.7 Å². The summed E-state index contributed by atoms with van der Waals surface area (Å²) in [4.78, 5) is 36.3. The van der Waals surface area contributed by atoms with Gasteiger partial charge in [0.2, 0.25) is 0 Å². The van der Waals surface area contributed by atoms with E-state index in [1.165, 1.54) is 31.2 Å². The molecule has 9 nitrogen and oxygen atoms in total. The van der Waals surface area contributed by atoms with Crippen LogP contribution in [-0.4, -0.2) is 48.1 Å². The molecule has 2 amide bonds. The van der Waals surface area contributed by atoms with Crippen molar-refractivity contribution < 1.29 is 18.7 Å². The maximum atomic E-state index is 14.2. The fourth-order valence-corrected chi connectivity index (χ4v) is 4.49. The number of aryl methyl sites for hydroxylation is 1. The highest BCUT2D eigenvalue weighted by molar-refractivity contribution is 6.05. The third-order valence-electron chi connectivity index (χ3n) is 6.93. The van der Waals surface area contributed by atoms with Crippen molar-refractivity contribution in [3.8, 4) is 5.75 Å². The number of carbonyl (C=O) groups excluding carboxylic acids is 2. The second-order valence-electron chi connectivity index (χ2n) is 10.1. The number of carbonyl (C=O) groups is 2. The van der Waals surface area contributed by atoms with E-state index in [0.717, 1.165) is 50.6 Å². The highest BCUT2D eigenvalue weighted by Crippen LogP contribution is 2.29. The molecular formula is C29H33FN6O3. The number of pyridine rings is 2. The zero-order chi connectivity index (χ0) is 27.2. The Hall–Kier alpha value is -4.21. The highest BCUT2D eigenvalue weighted by atomic mass is 19.1. The number of rotatable bonds is 10. The molecule has 0 spiro atoms. The number of nitrogens with one attached hydrogen (secondary N) is 3. The number of anilines is 3. The zero-order valence-electron chi connectivity index (χ0n) is 22.0. The Labute approximate surface area is 227 Å². The van der Waals surface area contributed by atoms with Gasteiger partial charge in [-0.3, -0.25) is 14.6 Å². The number of amides is 2. The monoisotopic (exact) mass is 532 g/mol. The lowest BCUT2D eigenvalue weighted by Gasteiger charge is -2.29. The molecule has 0 radical (unpaired) electrons. The Bertz CT molecular complexity index is 1320. The molecule has 0 unspecified atom stereocenters. The van der Waals surface area contributed by atoms with Crippen molar-refractivity contribution in [1.82, 2.24) is 15.3 Å². The van der Waals surface area contributed by atoms with E-state index < -0.39 is 11.7 Å². The Morgan fingerprint density at radius 2 is 1.85 bits per heavy atom. The molecule has 1 saturated heterocycles. The van der Waals surface area contributed by atoms with E-state index in [0.29, 0.717) is 28.4 Å². The summed E-state index contributed by atoms with van der Waals surface area (Å²) < 4.78 is 19.9. The zero-order valence-corrected chi connectivity index (χ0v) is 22.0. The van der Waals surface area contributed by atoms with Gasteiger partial charge in [-0.25, -0.2) is 9.37 Å². The topological polar surface area (TPSA) is 108 Å². The largest absolute Gasteiger partial charge is 0.472 e. The number of halogens is 1. The summed E-state index contributed by atoms with van der Waals surface area (Å²) in [6.45, 7) is 4.18. The highest BCUT2D eigenvalue weighted by Gasteiger charge is 2.21. The van der Waals surface area contributed by atoms with E-state index in [4.69, 9.17) is 4.74 Å². The third-order valence-corrected chi connectivity index (χ3v) is 6.93. The van der Waals surface area contributed by atoms with Crippen LogP contribution in [0.3, 0.4) is 0 Å². The predicted molar refractivity (Wildman–Crippen MR) is 148 cm³/mol. The maximum absolute atomic E-state index is 14.2. The molecule has 1 aromatic carbocycles. The van der Waals surface area contributed by atoms with E-state index in [1.54, 1.807) is 31.3 Å². The van der Waals surface area contributed by atoms with E-state index in [1.807, 2.05) is 6.07 Å². The van der Waals surface area contributed by atoms with Crippen LogP contribution in [-0.2, 0) is 0 Å². The summed E-state index contributed by atoms with van der Waals surface area (Å²) in [6.07, 6.45) is 8.88. The van der Waals surface area contributed by atoms with Gasteiger partial charge in [0.25, 0.3) is 11.8 Å². The number of aromatic nitrogens is 2. The van der Waals surface area contributed by atoms with Gasteiger partial charge in [-0.1, -0.05) is 0 Å². The molecule has 10 heteroatoms. The second kappa shape index (κ2) is 12.1. The first-order valence-electron chi connectivity index (χ1n) is 13.4. The number of hydrogen-bond donors (Lipinski definition) is 3. The van der Waals surface area contributed by atoms with Crippen LogP contribution in [0.15, 0.2) is 48.8 Å². The van der Waals surface area contributed by atoms with Crippen molar-refractivity contribution in [2.45, 2.75) is 39.0 Å². The average Bonchev–Trinajstić information content (AvgIpc) is 3.78. The molecule has 1 aliphatic carbocycles. The molecule has 2 aliphatic rings. The second-order valence-corrected chi connectivity index (χ2v) is 10.1. The molecule has 1 saturated carbocycles. The number of ether oxygens (including phenoxy) is 1. The van der Waals surface area contributed by atoms with Crippen molar-refractivity contribution in [3.63, 3.8) is 0 Å². The predicted octanol–water partition coefficient (Wildman–Crippen LogP) is 4.75. The fourth-order valence-electron chi connectivity index (χ4n) is 4.49. The van der Waals surface area contributed by atoms with Gasteiger partial charge in [0.1, 0.15) is 17.4 Å². The minimum Gasteiger partial charge on any atom is -0.472 e. The van der Waals surface area contributed by atoms with Crippen LogP contribution in [0.25, 0.3) is 0 Å². The van der Waals surface area contributed by atoms with Gasteiger partial charge in [0.05, 0.1) is 29.3 Å². The lowest BCUT2D eigenvalue weighted by molar-refractivity contribution is 0.0917. The van der Waals surface area contributed by atoms with Gasteiger partial charge in [-0.05, 0) is 81.3 Å². The molecule has 1 aliphatic heterocycles. The Balaban J connectivity index is 1.15. The first kappa shape index (κ1) is 26.4. The number of hydrogen-bond acceptors (Lipinski definition) is 7. The summed E-state index contributed by atoms with van der Waals surface area (Å²) in [7, 11) is 0. The summed E-state index contributed by atoms with van der Waals surface area (Å²) in [6, 6.07) is 9.56. The van der Waals surface area contributed by atoms with Gasteiger partial charge < -0.3 is 25.6 Å². The van der Waals surface area contributed by atoms with Crippen molar-refractivity contribution in [1.29, 1.82) is 0 Å². The van der Waals surface area contributed by atoms with Crippen LogP contribution in [0.2, 0.25) is 0 Å². The molecule has 0 bridgehead atoms. The maximum Gasteiger partial charge on any atom is 0.257 e. The third kappa shape index (κ3) is 7.22. The number of piperidine rings is 1. The standard InChI is InChI=1S/C29H33FN6O3/c1-19-26(29(38)35-23-7-8-27(33-16-23)32-15-20-5-6-20)14-25(17-31-19)39-18-34-28(37)21-11-22(30)13-24(12-21)36-9-3-2-4-10-36/h7-8,11-14,16-17,20H,2-6,9-10,15,18H2,1H3,(H,32,33)(H,34,37)(H,35,38). The van der Waals surface area contributed by atoms with E-state index in [-0.39, 0.29) is 18.2 Å². The Kier molecular flexibility index (Phi) is 8.19. The minimum atomic E-state index is -0.457. The molecule has 39 heavy (non-hydrogen) atoms. The molecule has 3 aromatic rings. The van der Waals surface area contributed by atoms with E-state index >= 15 is 0 Å². The molecule has 2 aromatic heterocycles. The molecule has 0 atom stereocenters. The lowest BCUT2D eigenvalue weighted by atomic mass is 10.1. The molecule has 3 N–H and O–H groups in total. The summed E-state index contributed by atoms with van der Waals surface area (Å²) in [5.74, 6) is 0.575. The molecule has 5 rings (SSSR count). The summed E-state index contributed by atoms with van der Waals surface area (Å²) >= 11 is 0. The van der Waals surface area contributed by atoms with Gasteiger partial charge in [-0.2, -0.15) is 0 Å². The SMILES string of the molecule is Cc1ncc(OCNC(=O)c2cc(F)cc(N3CCCCC3)c2)cc1C(=O)Nc1ccc(NCC2CC2)nc1. The fraction of sp³-hybridized carbons (Fsp3) is 0.379. The van der Waals surface area contributed by atoms with Crippen LogP contribution in [0.4, 0.5) is 21.6 Å². The average molecular weight is 533 g/mol. The van der Waals surface area contributed by atoms with Gasteiger partial charge in [-0.15, -0.1) is 0 Å². The Morgan fingerprint density at radius 3 is 2.59 bits per heavy atom. The van der Waals surface area contributed by atoms with Gasteiger partial charge in [0.15, 0.2) is 6.73 Å². The molecule has 204 valence electrons. The van der Waals surface area contributed by atoms with Gasteiger partial charge >= 0.3 is 0 Å². The van der Waals surface area contributed by atoms with Gasteiger partial charge in [0, 0.05) is 30.9 Å².